The van der Waals surface area contributed by atoms with Gasteiger partial charge in [0.25, 0.3) is 11.8 Å². The first-order chi connectivity index (χ1) is 13.5. The number of benzene rings is 3. The number of carboxylic acids is 1. The van der Waals surface area contributed by atoms with Gasteiger partial charge in [0.05, 0.1) is 11.1 Å². The van der Waals surface area contributed by atoms with E-state index in [1.54, 1.807) is 13.0 Å². The van der Waals surface area contributed by atoms with Crippen molar-refractivity contribution in [2.45, 2.75) is 13.0 Å². The minimum absolute atomic E-state index is 0.0570. The van der Waals surface area contributed by atoms with Gasteiger partial charge in [0.15, 0.2) is 6.10 Å². The molecule has 0 aromatic heterocycles. The Morgan fingerprint density at radius 3 is 2.21 bits per heavy atom. The monoisotopic (exact) mass is 378 g/mol. The topological polar surface area (TPSA) is 105 Å². The lowest BCUT2D eigenvalue weighted by Gasteiger charge is -2.16. The summed E-state index contributed by atoms with van der Waals surface area (Å²) in [7, 11) is 0. The Labute approximate surface area is 160 Å². The van der Waals surface area contributed by atoms with Crippen LogP contribution < -0.4 is 15.6 Å². The molecule has 0 radical (unpaired) electrons. The van der Waals surface area contributed by atoms with Gasteiger partial charge in [-0.05, 0) is 42.0 Å². The summed E-state index contributed by atoms with van der Waals surface area (Å²) < 4.78 is 5.63. The Hall–Kier alpha value is -3.87. The fourth-order valence-electron chi connectivity index (χ4n) is 2.65. The summed E-state index contributed by atoms with van der Waals surface area (Å²) in [5.74, 6) is -2.02. The second-order valence-corrected chi connectivity index (χ2v) is 6.06. The van der Waals surface area contributed by atoms with Crippen molar-refractivity contribution in [3.05, 3.63) is 77.9 Å². The van der Waals surface area contributed by atoms with Crippen LogP contribution in [0.5, 0.6) is 5.75 Å². The van der Waals surface area contributed by atoms with Gasteiger partial charge in [-0.3, -0.25) is 20.4 Å². The van der Waals surface area contributed by atoms with Crippen molar-refractivity contribution in [2.24, 2.45) is 0 Å². The number of aromatic carboxylic acids is 1. The zero-order chi connectivity index (χ0) is 20.1. The SMILES string of the molecule is CC(Oc1ccc2ccccc2c1)C(=O)NNC(=O)c1ccccc1C(=O)O. The molecule has 0 bridgehead atoms. The lowest BCUT2D eigenvalue weighted by Crippen LogP contribution is -2.47. The second-order valence-electron chi connectivity index (χ2n) is 6.06. The minimum Gasteiger partial charge on any atom is -0.481 e. The number of nitrogens with one attached hydrogen (secondary N) is 2. The first-order valence-electron chi connectivity index (χ1n) is 8.53. The molecule has 0 aliphatic heterocycles. The third-order valence-electron chi connectivity index (χ3n) is 4.10. The van der Waals surface area contributed by atoms with Crippen LogP contribution in [-0.4, -0.2) is 29.0 Å². The number of rotatable bonds is 5. The molecule has 3 N–H and O–H groups in total. The van der Waals surface area contributed by atoms with Gasteiger partial charge in [-0.2, -0.15) is 0 Å². The van der Waals surface area contributed by atoms with Gasteiger partial charge in [0, 0.05) is 0 Å². The average molecular weight is 378 g/mol. The van der Waals surface area contributed by atoms with Gasteiger partial charge < -0.3 is 9.84 Å². The Morgan fingerprint density at radius 1 is 0.857 bits per heavy atom. The van der Waals surface area contributed by atoms with E-state index < -0.39 is 23.9 Å². The molecule has 1 unspecified atom stereocenters. The maximum absolute atomic E-state index is 12.2. The standard InChI is InChI=1S/C21H18N2O5/c1-13(28-16-11-10-14-6-2-3-7-15(14)12-16)19(24)22-23-20(25)17-8-4-5-9-18(17)21(26)27/h2-13H,1H3,(H,22,24)(H,23,25)(H,26,27). The molecular formula is C21H18N2O5. The minimum atomic E-state index is -1.23. The van der Waals surface area contributed by atoms with E-state index in [1.165, 1.54) is 24.3 Å². The van der Waals surface area contributed by atoms with Crippen molar-refractivity contribution in [3.8, 4) is 5.75 Å². The summed E-state index contributed by atoms with van der Waals surface area (Å²) >= 11 is 0. The quantitative estimate of drug-likeness (QED) is 0.592. The number of hydrazine groups is 1. The molecule has 0 aliphatic carbocycles. The molecule has 7 nitrogen and oxygen atoms in total. The van der Waals surface area contributed by atoms with Crippen molar-refractivity contribution < 1.29 is 24.2 Å². The van der Waals surface area contributed by atoms with E-state index in [0.717, 1.165) is 10.8 Å². The van der Waals surface area contributed by atoms with E-state index in [1.807, 2.05) is 36.4 Å². The fraction of sp³-hybridized carbons (Fsp3) is 0.0952. The van der Waals surface area contributed by atoms with Crippen molar-refractivity contribution in [2.75, 3.05) is 0 Å². The van der Waals surface area contributed by atoms with Crippen LogP contribution >= 0.6 is 0 Å². The van der Waals surface area contributed by atoms with E-state index in [2.05, 4.69) is 10.9 Å². The summed E-state index contributed by atoms with van der Waals surface area (Å²) in [5, 5.41) is 11.2. The van der Waals surface area contributed by atoms with Crippen LogP contribution in [0.25, 0.3) is 10.8 Å². The maximum Gasteiger partial charge on any atom is 0.336 e. The Bertz CT molecular complexity index is 1050. The molecule has 0 saturated carbocycles. The van der Waals surface area contributed by atoms with Gasteiger partial charge in [-0.1, -0.05) is 42.5 Å². The lowest BCUT2D eigenvalue weighted by atomic mass is 10.1. The van der Waals surface area contributed by atoms with Gasteiger partial charge in [-0.15, -0.1) is 0 Å². The predicted octanol–water partition coefficient (Wildman–Crippen LogP) is 2.77. The Kier molecular flexibility index (Phi) is 5.55. The highest BCUT2D eigenvalue weighted by Crippen LogP contribution is 2.21. The molecule has 2 amide bonds. The summed E-state index contributed by atoms with van der Waals surface area (Å²) in [6, 6.07) is 18.9. The van der Waals surface area contributed by atoms with Crippen molar-refractivity contribution in [1.29, 1.82) is 0 Å². The highest BCUT2D eigenvalue weighted by atomic mass is 16.5. The molecule has 0 fully saturated rings. The van der Waals surface area contributed by atoms with Crippen LogP contribution in [0.15, 0.2) is 66.7 Å². The molecule has 3 aromatic rings. The van der Waals surface area contributed by atoms with E-state index in [9.17, 15) is 14.4 Å². The number of hydrogen-bond donors (Lipinski definition) is 3. The summed E-state index contributed by atoms with van der Waals surface area (Å²) in [5.41, 5.74) is 4.24. The van der Waals surface area contributed by atoms with Gasteiger partial charge >= 0.3 is 5.97 Å². The lowest BCUT2D eigenvalue weighted by molar-refractivity contribution is -0.128. The van der Waals surface area contributed by atoms with Crippen LogP contribution in [0, 0.1) is 0 Å². The summed E-state index contributed by atoms with van der Waals surface area (Å²) in [6.07, 6.45) is -0.879. The predicted molar refractivity (Wildman–Crippen MR) is 103 cm³/mol. The molecule has 7 heteroatoms. The molecule has 1 atom stereocenters. The average Bonchev–Trinajstić information content (AvgIpc) is 2.71. The van der Waals surface area contributed by atoms with Crippen molar-refractivity contribution in [1.82, 2.24) is 10.9 Å². The fourth-order valence-corrected chi connectivity index (χ4v) is 2.65. The van der Waals surface area contributed by atoms with Crippen molar-refractivity contribution >= 4 is 28.6 Å². The number of amides is 2. The van der Waals surface area contributed by atoms with Gasteiger partial charge in [0.1, 0.15) is 5.75 Å². The number of hydrogen-bond acceptors (Lipinski definition) is 4. The number of carbonyl (C=O) groups excluding carboxylic acids is 2. The van der Waals surface area contributed by atoms with Crippen LogP contribution in [0.3, 0.4) is 0 Å². The van der Waals surface area contributed by atoms with Gasteiger partial charge in [-0.25, -0.2) is 4.79 Å². The van der Waals surface area contributed by atoms with E-state index in [0.29, 0.717) is 5.75 Å². The molecule has 142 valence electrons. The normalized spacial score (nSPS) is 11.5. The zero-order valence-electron chi connectivity index (χ0n) is 15.0. The summed E-state index contributed by atoms with van der Waals surface area (Å²) in [4.78, 5) is 35.6. The smallest absolute Gasteiger partial charge is 0.336 e. The second kappa shape index (κ2) is 8.22. The van der Waals surface area contributed by atoms with Crippen molar-refractivity contribution in [3.63, 3.8) is 0 Å². The Balaban J connectivity index is 1.61. The third-order valence-corrected chi connectivity index (χ3v) is 4.10. The highest BCUT2D eigenvalue weighted by Gasteiger charge is 2.19. The highest BCUT2D eigenvalue weighted by molar-refractivity contribution is 6.05. The number of fused-ring (bicyclic) bond motifs is 1. The first-order valence-corrected chi connectivity index (χ1v) is 8.53. The first kappa shape index (κ1) is 18.9. The Morgan fingerprint density at radius 2 is 1.50 bits per heavy atom. The number of ether oxygens (including phenoxy) is 1. The zero-order valence-corrected chi connectivity index (χ0v) is 15.0. The maximum atomic E-state index is 12.2. The van der Waals surface area contributed by atoms with E-state index in [-0.39, 0.29) is 11.1 Å². The van der Waals surface area contributed by atoms with E-state index >= 15 is 0 Å². The molecular weight excluding hydrogens is 360 g/mol. The number of carboxylic acid groups (broad SMARTS) is 1. The largest absolute Gasteiger partial charge is 0.481 e. The van der Waals surface area contributed by atoms with Crippen LogP contribution in [0.1, 0.15) is 27.6 Å². The van der Waals surface area contributed by atoms with E-state index in [4.69, 9.17) is 9.84 Å². The molecule has 3 aromatic carbocycles. The molecule has 0 saturated heterocycles. The third kappa shape index (κ3) is 4.27. The molecule has 0 spiro atoms. The molecule has 3 rings (SSSR count). The van der Waals surface area contributed by atoms with Crippen LogP contribution in [0.2, 0.25) is 0 Å². The number of carbonyl (C=O) groups is 3. The van der Waals surface area contributed by atoms with Crippen LogP contribution in [0.4, 0.5) is 0 Å². The van der Waals surface area contributed by atoms with Gasteiger partial charge in [0.2, 0.25) is 0 Å². The molecule has 0 heterocycles. The summed E-state index contributed by atoms with van der Waals surface area (Å²) in [6.45, 7) is 1.54. The molecule has 28 heavy (non-hydrogen) atoms. The molecule has 0 aliphatic rings. The van der Waals surface area contributed by atoms with Crippen LogP contribution in [-0.2, 0) is 4.79 Å².